The SMILES string of the molecule is CCCCOCCC1(CO)CCC(CCCC)CC1. The van der Waals surface area contributed by atoms with Crippen LogP contribution in [0.3, 0.4) is 0 Å². The molecule has 0 aliphatic heterocycles. The summed E-state index contributed by atoms with van der Waals surface area (Å²) in [6.07, 6.45) is 12.5. The molecular formula is C17H34O2. The normalized spacial score (nSPS) is 27.6. The molecule has 1 N–H and O–H groups in total. The molecule has 2 heteroatoms. The number of aliphatic hydroxyl groups is 1. The standard InChI is InChI=1S/C17H34O2/c1-3-5-7-16-8-10-17(15-18,11-9-16)12-14-19-13-6-4-2/h16,18H,3-15H2,1-2H3. The summed E-state index contributed by atoms with van der Waals surface area (Å²) in [5, 5.41) is 9.75. The van der Waals surface area contributed by atoms with Crippen molar-refractivity contribution in [3.63, 3.8) is 0 Å². The molecule has 1 saturated carbocycles. The summed E-state index contributed by atoms with van der Waals surface area (Å²) in [5.41, 5.74) is 0.176. The number of hydrogen-bond acceptors (Lipinski definition) is 2. The summed E-state index contributed by atoms with van der Waals surface area (Å²) in [7, 11) is 0. The van der Waals surface area contributed by atoms with E-state index in [0.717, 1.165) is 32.0 Å². The molecule has 0 aromatic carbocycles. The van der Waals surface area contributed by atoms with Crippen LogP contribution in [0.4, 0.5) is 0 Å². The fourth-order valence-electron chi connectivity index (χ4n) is 3.20. The molecule has 0 bridgehead atoms. The number of aliphatic hydroxyl groups excluding tert-OH is 1. The second-order valence-corrected chi connectivity index (χ2v) is 6.46. The molecule has 1 aliphatic rings. The minimum absolute atomic E-state index is 0.176. The van der Waals surface area contributed by atoms with Gasteiger partial charge in [-0.1, -0.05) is 39.5 Å². The topological polar surface area (TPSA) is 29.5 Å². The Morgan fingerprint density at radius 3 is 2.32 bits per heavy atom. The van der Waals surface area contributed by atoms with Crippen molar-refractivity contribution in [1.82, 2.24) is 0 Å². The van der Waals surface area contributed by atoms with E-state index < -0.39 is 0 Å². The molecule has 0 spiro atoms. The third kappa shape index (κ3) is 6.27. The van der Waals surface area contributed by atoms with E-state index in [1.54, 1.807) is 0 Å². The van der Waals surface area contributed by atoms with Crippen molar-refractivity contribution in [2.24, 2.45) is 11.3 Å². The summed E-state index contributed by atoms with van der Waals surface area (Å²) in [4.78, 5) is 0. The molecule has 0 unspecified atom stereocenters. The summed E-state index contributed by atoms with van der Waals surface area (Å²) < 4.78 is 5.68. The Morgan fingerprint density at radius 2 is 1.74 bits per heavy atom. The van der Waals surface area contributed by atoms with Crippen molar-refractivity contribution in [3.8, 4) is 0 Å². The van der Waals surface area contributed by atoms with Gasteiger partial charge in [-0.05, 0) is 49.9 Å². The van der Waals surface area contributed by atoms with Crippen LogP contribution in [-0.4, -0.2) is 24.9 Å². The van der Waals surface area contributed by atoms with Crippen LogP contribution < -0.4 is 0 Å². The highest BCUT2D eigenvalue weighted by Crippen LogP contribution is 2.42. The Balaban J connectivity index is 2.22. The predicted octanol–water partition coefficient (Wildman–Crippen LogP) is 4.55. The molecule has 0 amide bonds. The lowest BCUT2D eigenvalue weighted by atomic mass is 9.68. The molecule has 1 rings (SSSR count). The maximum atomic E-state index is 9.75. The zero-order chi connectivity index (χ0) is 14.0. The van der Waals surface area contributed by atoms with Crippen molar-refractivity contribution in [3.05, 3.63) is 0 Å². The Labute approximate surface area is 119 Å². The molecule has 0 saturated heterocycles. The van der Waals surface area contributed by atoms with Crippen LogP contribution in [0.15, 0.2) is 0 Å². The Bertz CT molecular complexity index is 202. The van der Waals surface area contributed by atoms with Crippen LogP contribution in [0, 0.1) is 11.3 Å². The van der Waals surface area contributed by atoms with E-state index in [1.807, 2.05) is 0 Å². The van der Waals surface area contributed by atoms with Gasteiger partial charge in [-0.3, -0.25) is 0 Å². The first kappa shape index (κ1) is 17.0. The van der Waals surface area contributed by atoms with Gasteiger partial charge in [-0.15, -0.1) is 0 Å². The Hall–Kier alpha value is -0.0800. The molecular weight excluding hydrogens is 236 g/mol. The van der Waals surface area contributed by atoms with Gasteiger partial charge in [0.1, 0.15) is 0 Å². The summed E-state index contributed by atoms with van der Waals surface area (Å²) in [5.74, 6) is 0.917. The lowest BCUT2D eigenvalue weighted by molar-refractivity contribution is 0.0192. The second kappa shape index (κ2) is 9.77. The van der Waals surface area contributed by atoms with E-state index in [0.29, 0.717) is 6.61 Å². The molecule has 1 fully saturated rings. The minimum Gasteiger partial charge on any atom is -0.396 e. The molecule has 0 aromatic rings. The van der Waals surface area contributed by atoms with E-state index >= 15 is 0 Å². The molecule has 1 aliphatic carbocycles. The van der Waals surface area contributed by atoms with Gasteiger partial charge in [-0.25, -0.2) is 0 Å². The quantitative estimate of drug-likeness (QED) is 0.590. The van der Waals surface area contributed by atoms with E-state index in [2.05, 4.69) is 13.8 Å². The van der Waals surface area contributed by atoms with Crippen LogP contribution in [0.25, 0.3) is 0 Å². The summed E-state index contributed by atoms with van der Waals surface area (Å²) >= 11 is 0. The first-order valence-electron chi connectivity index (χ1n) is 8.45. The fraction of sp³-hybridized carbons (Fsp3) is 1.00. The fourth-order valence-corrected chi connectivity index (χ4v) is 3.20. The molecule has 0 atom stereocenters. The molecule has 0 radical (unpaired) electrons. The zero-order valence-corrected chi connectivity index (χ0v) is 13.1. The van der Waals surface area contributed by atoms with Gasteiger partial charge in [0.2, 0.25) is 0 Å². The van der Waals surface area contributed by atoms with Crippen LogP contribution in [0.5, 0.6) is 0 Å². The van der Waals surface area contributed by atoms with Gasteiger partial charge in [0.25, 0.3) is 0 Å². The van der Waals surface area contributed by atoms with Crippen LogP contribution >= 0.6 is 0 Å². The van der Waals surface area contributed by atoms with Gasteiger partial charge >= 0.3 is 0 Å². The molecule has 2 nitrogen and oxygen atoms in total. The van der Waals surface area contributed by atoms with Gasteiger partial charge in [-0.2, -0.15) is 0 Å². The van der Waals surface area contributed by atoms with E-state index in [9.17, 15) is 5.11 Å². The van der Waals surface area contributed by atoms with E-state index in [-0.39, 0.29) is 5.41 Å². The van der Waals surface area contributed by atoms with E-state index in [4.69, 9.17) is 4.74 Å². The third-order valence-electron chi connectivity index (χ3n) is 4.89. The summed E-state index contributed by atoms with van der Waals surface area (Å²) in [6.45, 7) is 6.53. The number of rotatable bonds is 10. The summed E-state index contributed by atoms with van der Waals surface area (Å²) in [6, 6.07) is 0. The average molecular weight is 270 g/mol. The third-order valence-corrected chi connectivity index (χ3v) is 4.89. The lowest BCUT2D eigenvalue weighted by Gasteiger charge is -2.39. The van der Waals surface area contributed by atoms with Crippen molar-refractivity contribution >= 4 is 0 Å². The number of ether oxygens (including phenoxy) is 1. The maximum Gasteiger partial charge on any atom is 0.0488 e. The number of hydrogen-bond donors (Lipinski definition) is 1. The monoisotopic (exact) mass is 270 g/mol. The first-order valence-corrected chi connectivity index (χ1v) is 8.45. The second-order valence-electron chi connectivity index (χ2n) is 6.46. The predicted molar refractivity (Wildman–Crippen MR) is 81.3 cm³/mol. The maximum absolute atomic E-state index is 9.75. The van der Waals surface area contributed by atoms with E-state index in [1.165, 1.54) is 51.4 Å². The molecule has 114 valence electrons. The zero-order valence-electron chi connectivity index (χ0n) is 13.1. The van der Waals surface area contributed by atoms with Gasteiger partial charge in [0.15, 0.2) is 0 Å². The molecule has 0 heterocycles. The van der Waals surface area contributed by atoms with Crippen molar-refractivity contribution in [2.75, 3.05) is 19.8 Å². The highest BCUT2D eigenvalue weighted by Gasteiger charge is 2.34. The van der Waals surface area contributed by atoms with Crippen molar-refractivity contribution in [2.45, 2.75) is 78.1 Å². The highest BCUT2D eigenvalue weighted by molar-refractivity contribution is 4.85. The number of unbranched alkanes of at least 4 members (excludes halogenated alkanes) is 2. The van der Waals surface area contributed by atoms with Crippen LogP contribution in [0.2, 0.25) is 0 Å². The Kier molecular flexibility index (Phi) is 8.72. The first-order chi connectivity index (χ1) is 9.26. The lowest BCUT2D eigenvalue weighted by Crippen LogP contribution is -2.32. The van der Waals surface area contributed by atoms with Crippen molar-refractivity contribution in [1.29, 1.82) is 0 Å². The van der Waals surface area contributed by atoms with Crippen LogP contribution in [-0.2, 0) is 4.74 Å². The van der Waals surface area contributed by atoms with Gasteiger partial charge in [0.05, 0.1) is 0 Å². The largest absolute Gasteiger partial charge is 0.396 e. The Morgan fingerprint density at radius 1 is 1.05 bits per heavy atom. The van der Waals surface area contributed by atoms with Gasteiger partial charge < -0.3 is 9.84 Å². The minimum atomic E-state index is 0.176. The van der Waals surface area contributed by atoms with Gasteiger partial charge in [0, 0.05) is 19.8 Å². The average Bonchev–Trinajstić information content (AvgIpc) is 2.46. The van der Waals surface area contributed by atoms with Crippen molar-refractivity contribution < 1.29 is 9.84 Å². The smallest absolute Gasteiger partial charge is 0.0488 e. The highest BCUT2D eigenvalue weighted by atomic mass is 16.5. The molecule has 19 heavy (non-hydrogen) atoms. The van der Waals surface area contributed by atoms with Crippen LogP contribution in [0.1, 0.15) is 78.1 Å². The molecule has 0 aromatic heterocycles.